The Morgan fingerprint density at radius 1 is 1.27 bits per heavy atom. The van der Waals surface area contributed by atoms with Crippen LogP contribution in [0.2, 0.25) is 0 Å². The molecule has 3 aromatic rings. The minimum absolute atomic E-state index is 0.0356. The molecule has 0 unspecified atom stereocenters. The highest BCUT2D eigenvalue weighted by Crippen LogP contribution is 2.17. The summed E-state index contributed by atoms with van der Waals surface area (Å²) < 4.78 is 6.40. The molecule has 7 heteroatoms. The van der Waals surface area contributed by atoms with Crippen LogP contribution in [0.4, 0.5) is 0 Å². The van der Waals surface area contributed by atoms with Crippen LogP contribution in [0.15, 0.2) is 29.1 Å². The van der Waals surface area contributed by atoms with Crippen LogP contribution in [0.25, 0.3) is 16.6 Å². The summed E-state index contributed by atoms with van der Waals surface area (Å²) in [4.78, 5) is 32.1. The Morgan fingerprint density at radius 3 is 2.82 bits per heavy atom. The number of para-hydroxylation sites is 1. The van der Waals surface area contributed by atoms with E-state index in [0.29, 0.717) is 29.0 Å². The van der Waals surface area contributed by atoms with Gasteiger partial charge in [-0.1, -0.05) is 12.1 Å². The SMILES string of the molecule is CCOC(=O)Cc1nc2ccccc2c2nc(=O)c(C)nn12. The number of fused-ring (bicyclic) bond motifs is 3. The van der Waals surface area contributed by atoms with E-state index in [4.69, 9.17) is 4.74 Å². The van der Waals surface area contributed by atoms with Gasteiger partial charge in [0.05, 0.1) is 12.1 Å². The van der Waals surface area contributed by atoms with Crippen LogP contribution in [-0.2, 0) is 16.0 Å². The fourth-order valence-electron chi connectivity index (χ4n) is 2.22. The first-order chi connectivity index (χ1) is 10.6. The van der Waals surface area contributed by atoms with Gasteiger partial charge in [-0.05, 0) is 26.0 Å². The zero-order valence-electron chi connectivity index (χ0n) is 12.2. The molecule has 22 heavy (non-hydrogen) atoms. The molecular formula is C15H14N4O3. The molecule has 112 valence electrons. The maximum Gasteiger partial charge on any atom is 0.313 e. The van der Waals surface area contributed by atoms with Gasteiger partial charge in [-0.15, -0.1) is 0 Å². The van der Waals surface area contributed by atoms with Crippen molar-refractivity contribution in [2.45, 2.75) is 20.3 Å². The van der Waals surface area contributed by atoms with Crippen molar-refractivity contribution in [1.29, 1.82) is 0 Å². The molecule has 1 aromatic carbocycles. The largest absolute Gasteiger partial charge is 0.466 e. The zero-order chi connectivity index (χ0) is 15.7. The minimum atomic E-state index is -0.398. The van der Waals surface area contributed by atoms with Crippen molar-refractivity contribution in [3.63, 3.8) is 0 Å². The summed E-state index contributed by atoms with van der Waals surface area (Å²) in [5.41, 5.74) is 0.901. The van der Waals surface area contributed by atoms with Crippen molar-refractivity contribution in [1.82, 2.24) is 19.6 Å². The molecule has 7 nitrogen and oxygen atoms in total. The normalized spacial score (nSPS) is 11.0. The second-order valence-corrected chi connectivity index (χ2v) is 4.76. The van der Waals surface area contributed by atoms with E-state index in [1.165, 1.54) is 4.52 Å². The Bertz CT molecular complexity index is 933. The second-order valence-electron chi connectivity index (χ2n) is 4.76. The molecule has 0 radical (unpaired) electrons. The number of carbonyl (C=O) groups excluding carboxylic acids is 1. The number of ether oxygens (including phenoxy) is 1. The van der Waals surface area contributed by atoms with Crippen LogP contribution in [0.5, 0.6) is 0 Å². The van der Waals surface area contributed by atoms with Gasteiger partial charge in [0, 0.05) is 5.39 Å². The summed E-state index contributed by atoms with van der Waals surface area (Å²) in [5.74, 6) is -0.00696. The van der Waals surface area contributed by atoms with Gasteiger partial charge in [0.15, 0.2) is 5.65 Å². The molecule has 0 atom stereocenters. The molecule has 0 bridgehead atoms. The lowest BCUT2D eigenvalue weighted by Gasteiger charge is -2.09. The van der Waals surface area contributed by atoms with Crippen LogP contribution in [-0.4, -0.2) is 32.2 Å². The monoisotopic (exact) mass is 298 g/mol. The number of hydrogen-bond acceptors (Lipinski definition) is 6. The third-order valence-electron chi connectivity index (χ3n) is 3.21. The first-order valence-electron chi connectivity index (χ1n) is 6.91. The summed E-state index contributed by atoms with van der Waals surface area (Å²) in [7, 11) is 0. The number of rotatable bonds is 3. The summed E-state index contributed by atoms with van der Waals surface area (Å²) in [6.07, 6.45) is -0.0356. The number of nitrogens with zero attached hydrogens (tertiary/aromatic N) is 4. The van der Waals surface area contributed by atoms with Crippen LogP contribution in [0.1, 0.15) is 18.4 Å². The molecule has 0 fully saturated rings. The molecule has 0 aliphatic rings. The summed E-state index contributed by atoms with van der Waals surface area (Å²) in [6.45, 7) is 3.61. The van der Waals surface area contributed by atoms with Crippen LogP contribution in [0.3, 0.4) is 0 Å². The van der Waals surface area contributed by atoms with Gasteiger partial charge >= 0.3 is 5.97 Å². The number of aromatic nitrogens is 4. The van der Waals surface area contributed by atoms with Gasteiger partial charge < -0.3 is 4.74 Å². The molecule has 0 aliphatic carbocycles. The Hall–Kier alpha value is -2.83. The van der Waals surface area contributed by atoms with E-state index in [9.17, 15) is 9.59 Å². The average Bonchev–Trinajstić information content (AvgIpc) is 2.49. The van der Waals surface area contributed by atoms with Crippen molar-refractivity contribution in [2.24, 2.45) is 0 Å². The standard InChI is InChI=1S/C15H14N4O3/c1-3-22-13(20)8-12-16-11-7-5-4-6-10(11)14-17-15(21)9(2)18-19(12)14/h4-7H,3,8H2,1-2H3. The highest BCUT2D eigenvalue weighted by atomic mass is 16.5. The predicted molar refractivity (Wildman–Crippen MR) is 79.6 cm³/mol. The first-order valence-corrected chi connectivity index (χ1v) is 6.91. The number of aryl methyl sites for hydroxylation is 1. The van der Waals surface area contributed by atoms with Crippen molar-refractivity contribution in [3.8, 4) is 0 Å². The van der Waals surface area contributed by atoms with Crippen LogP contribution >= 0.6 is 0 Å². The van der Waals surface area contributed by atoms with Crippen molar-refractivity contribution >= 4 is 22.5 Å². The van der Waals surface area contributed by atoms with E-state index in [1.807, 2.05) is 18.2 Å². The molecular weight excluding hydrogens is 284 g/mol. The van der Waals surface area contributed by atoms with Gasteiger partial charge in [0.1, 0.15) is 17.9 Å². The van der Waals surface area contributed by atoms with E-state index in [0.717, 1.165) is 0 Å². The lowest BCUT2D eigenvalue weighted by Crippen LogP contribution is -2.21. The lowest BCUT2D eigenvalue weighted by atomic mass is 10.2. The highest BCUT2D eigenvalue weighted by Gasteiger charge is 2.15. The van der Waals surface area contributed by atoms with Crippen molar-refractivity contribution in [3.05, 3.63) is 46.1 Å². The molecule has 0 spiro atoms. The van der Waals surface area contributed by atoms with Crippen molar-refractivity contribution < 1.29 is 9.53 Å². The van der Waals surface area contributed by atoms with E-state index in [-0.39, 0.29) is 12.1 Å². The Labute approximate surface area is 125 Å². The Balaban J connectivity index is 2.31. The smallest absolute Gasteiger partial charge is 0.313 e. The van der Waals surface area contributed by atoms with Crippen LogP contribution in [0, 0.1) is 6.92 Å². The highest BCUT2D eigenvalue weighted by molar-refractivity contribution is 5.91. The average molecular weight is 298 g/mol. The minimum Gasteiger partial charge on any atom is -0.466 e. The second kappa shape index (κ2) is 5.51. The zero-order valence-corrected chi connectivity index (χ0v) is 12.2. The number of carbonyl (C=O) groups is 1. The van der Waals surface area contributed by atoms with Gasteiger partial charge in [-0.3, -0.25) is 9.59 Å². The van der Waals surface area contributed by atoms with Crippen molar-refractivity contribution in [2.75, 3.05) is 6.61 Å². The van der Waals surface area contributed by atoms with E-state index in [2.05, 4.69) is 15.1 Å². The topological polar surface area (TPSA) is 86.5 Å². The van der Waals surface area contributed by atoms with Gasteiger partial charge in [0.2, 0.25) is 0 Å². The number of esters is 1. The molecule has 0 saturated heterocycles. The summed E-state index contributed by atoms with van der Waals surface area (Å²) in [6, 6.07) is 7.28. The maximum absolute atomic E-state index is 11.8. The number of hydrogen-bond donors (Lipinski definition) is 0. The van der Waals surface area contributed by atoms with Crippen LogP contribution < -0.4 is 5.56 Å². The van der Waals surface area contributed by atoms with E-state index in [1.54, 1.807) is 19.9 Å². The quantitative estimate of drug-likeness (QED) is 0.530. The predicted octanol–water partition coefficient (Wildman–Crippen LogP) is 1.05. The lowest BCUT2D eigenvalue weighted by molar-refractivity contribution is -0.142. The first kappa shape index (κ1) is 14.1. The van der Waals surface area contributed by atoms with Gasteiger partial charge in [-0.25, -0.2) is 4.98 Å². The Morgan fingerprint density at radius 2 is 2.05 bits per heavy atom. The molecule has 3 rings (SSSR count). The number of benzene rings is 1. The molecule has 0 saturated carbocycles. The molecule has 0 N–H and O–H groups in total. The Kier molecular flexibility index (Phi) is 3.54. The third kappa shape index (κ3) is 2.41. The fraction of sp³-hybridized carbons (Fsp3) is 0.267. The maximum atomic E-state index is 11.8. The molecule has 2 aromatic heterocycles. The van der Waals surface area contributed by atoms with E-state index < -0.39 is 11.5 Å². The van der Waals surface area contributed by atoms with E-state index >= 15 is 0 Å². The fourth-order valence-corrected chi connectivity index (χ4v) is 2.22. The summed E-state index contributed by atoms with van der Waals surface area (Å²) >= 11 is 0. The van der Waals surface area contributed by atoms with Gasteiger partial charge in [0.25, 0.3) is 5.56 Å². The van der Waals surface area contributed by atoms with Gasteiger partial charge in [-0.2, -0.15) is 14.6 Å². The molecule has 0 amide bonds. The molecule has 2 heterocycles. The third-order valence-corrected chi connectivity index (χ3v) is 3.21. The molecule has 0 aliphatic heterocycles. The summed E-state index contributed by atoms with van der Waals surface area (Å²) in [5, 5.41) is 4.92.